The van der Waals surface area contributed by atoms with Gasteiger partial charge in [0.05, 0.1) is 11.6 Å². The van der Waals surface area contributed by atoms with E-state index in [-0.39, 0.29) is 12.3 Å². The molecule has 0 saturated carbocycles. The van der Waals surface area contributed by atoms with Gasteiger partial charge >= 0.3 is 0 Å². The first-order valence-corrected chi connectivity index (χ1v) is 6.12. The molecule has 0 fully saturated rings. The van der Waals surface area contributed by atoms with Gasteiger partial charge in [-0.05, 0) is 13.0 Å². The molecular weight excluding hydrogens is 240 g/mol. The first-order valence-electron chi connectivity index (χ1n) is 5.24. The van der Waals surface area contributed by atoms with Crippen molar-refractivity contribution < 1.29 is 14.3 Å². The first kappa shape index (κ1) is 14.1. The highest BCUT2D eigenvalue weighted by Crippen LogP contribution is 2.14. The highest BCUT2D eigenvalue weighted by atomic mass is 32.1. The van der Waals surface area contributed by atoms with Crippen molar-refractivity contribution in [2.75, 3.05) is 14.2 Å². The van der Waals surface area contributed by atoms with E-state index in [9.17, 15) is 4.79 Å². The molecule has 1 unspecified atom stereocenters. The number of amides is 1. The van der Waals surface area contributed by atoms with Gasteiger partial charge in [0, 0.05) is 31.0 Å². The second-order valence-electron chi connectivity index (χ2n) is 3.68. The lowest BCUT2D eigenvalue weighted by Crippen LogP contribution is -2.39. The quantitative estimate of drug-likeness (QED) is 0.714. The number of nitrogens with one attached hydrogen (secondary N) is 1. The summed E-state index contributed by atoms with van der Waals surface area (Å²) in [6.45, 7) is 2.63. The molecule has 0 aliphatic carbocycles. The van der Waals surface area contributed by atoms with Crippen LogP contribution in [-0.4, -0.2) is 32.5 Å². The van der Waals surface area contributed by atoms with E-state index < -0.39 is 5.91 Å². The number of primary amides is 1. The molecule has 0 bridgehead atoms. The number of thiophene rings is 1. The third kappa shape index (κ3) is 4.08. The van der Waals surface area contributed by atoms with Crippen LogP contribution >= 0.6 is 11.3 Å². The molecule has 1 atom stereocenters. The summed E-state index contributed by atoms with van der Waals surface area (Å²) in [6, 6.07) is 1.85. The van der Waals surface area contributed by atoms with Crippen LogP contribution in [0.15, 0.2) is 11.4 Å². The maximum atomic E-state index is 10.9. The van der Waals surface area contributed by atoms with Gasteiger partial charge in [-0.3, -0.25) is 4.79 Å². The largest absolute Gasteiger partial charge is 0.366 e. The van der Waals surface area contributed by atoms with Crippen LogP contribution < -0.4 is 11.1 Å². The van der Waals surface area contributed by atoms with Gasteiger partial charge in [-0.15, -0.1) is 11.3 Å². The monoisotopic (exact) mass is 258 g/mol. The van der Waals surface area contributed by atoms with Crippen molar-refractivity contribution in [2.24, 2.45) is 5.73 Å². The minimum Gasteiger partial charge on any atom is -0.366 e. The molecule has 1 amide bonds. The summed E-state index contributed by atoms with van der Waals surface area (Å²) in [5, 5.41) is 5.02. The third-order valence-corrected chi connectivity index (χ3v) is 3.35. The number of ether oxygens (including phenoxy) is 2. The van der Waals surface area contributed by atoms with Crippen molar-refractivity contribution in [3.05, 3.63) is 21.9 Å². The summed E-state index contributed by atoms with van der Waals surface area (Å²) in [6.07, 6.45) is -0.287. The van der Waals surface area contributed by atoms with E-state index in [1.807, 2.05) is 6.92 Å². The van der Waals surface area contributed by atoms with E-state index in [2.05, 4.69) is 5.32 Å². The molecule has 6 heteroatoms. The zero-order chi connectivity index (χ0) is 12.8. The fraction of sp³-hybridized carbons (Fsp3) is 0.545. The number of methoxy groups -OCH3 is 2. The van der Waals surface area contributed by atoms with Crippen LogP contribution in [0.25, 0.3) is 0 Å². The molecule has 1 rings (SSSR count). The lowest BCUT2D eigenvalue weighted by molar-refractivity contribution is -0.119. The van der Waals surface area contributed by atoms with Crippen LogP contribution in [0.3, 0.4) is 0 Å². The zero-order valence-corrected chi connectivity index (χ0v) is 11.0. The maximum Gasteiger partial charge on any atom is 0.249 e. The average molecular weight is 258 g/mol. The van der Waals surface area contributed by atoms with Gasteiger partial charge in [0.25, 0.3) is 0 Å². The normalized spacial score (nSPS) is 12.9. The molecule has 0 aliphatic heterocycles. The van der Waals surface area contributed by atoms with Crippen LogP contribution in [0.1, 0.15) is 22.2 Å². The van der Waals surface area contributed by atoms with Crippen molar-refractivity contribution in [1.82, 2.24) is 5.32 Å². The Labute approximate surface area is 105 Å². The SMILES string of the molecule is COC(OC)C(C)NCc1cc(C(N)=O)cs1. The predicted molar refractivity (Wildman–Crippen MR) is 66.9 cm³/mol. The maximum absolute atomic E-state index is 10.9. The summed E-state index contributed by atoms with van der Waals surface area (Å²) in [5.74, 6) is -0.396. The molecule has 0 radical (unpaired) electrons. The zero-order valence-electron chi connectivity index (χ0n) is 10.2. The lowest BCUT2D eigenvalue weighted by Gasteiger charge is -2.21. The molecule has 0 spiro atoms. The smallest absolute Gasteiger partial charge is 0.249 e. The van der Waals surface area contributed by atoms with Gasteiger partial charge in [-0.25, -0.2) is 0 Å². The first-order chi connectivity index (χ1) is 8.08. The number of hydrogen-bond acceptors (Lipinski definition) is 5. The standard InChI is InChI=1S/C11H18N2O3S/c1-7(11(15-2)16-3)13-5-9-4-8(6-17-9)10(12)14/h4,6-7,11,13H,5H2,1-3H3,(H2,12,14). The molecule has 1 heterocycles. The number of carbonyl (C=O) groups is 1. The van der Waals surface area contributed by atoms with Gasteiger partial charge in [0.1, 0.15) is 0 Å². The van der Waals surface area contributed by atoms with Gasteiger partial charge in [0.2, 0.25) is 5.91 Å². The van der Waals surface area contributed by atoms with Crippen LogP contribution in [0.4, 0.5) is 0 Å². The molecule has 96 valence electrons. The Morgan fingerprint density at radius 2 is 2.18 bits per heavy atom. The molecular formula is C11H18N2O3S. The Bertz CT molecular complexity index is 363. The van der Waals surface area contributed by atoms with Gasteiger partial charge in [-0.1, -0.05) is 0 Å². The van der Waals surface area contributed by atoms with Crippen molar-refractivity contribution in [3.63, 3.8) is 0 Å². The van der Waals surface area contributed by atoms with Crippen LogP contribution in [0.2, 0.25) is 0 Å². The van der Waals surface area contributed by atoms with E-state index in [1.165, 1.54) is 11.3 Å². The second-order valence-corrected chi connectivity index (χ2v) is 4.67. The number of carbonyl (C=O) groups excluding carboxylic acids is 1. The lowest BCUT2D eigenvalue weighted by atomic mass is 10.3. The van der Waals surface area contributed by atoms with Gasteiger partial charge in [0.15, 0.2) is 6.29 Å². The molecule has 3 N–H and O–H groups in total. The Morgan fingerprint density at radius 3 is 2.65 bits per heavy atom. The third-order valence-electron chi connectivity index (χ3n) is 2.41. The van der Waals surface area contributed by atoms with Crippen LogP contribution in [0.5, 0.6) is 0 Å². The molecule has 0 saturated heterocycles. The van der Waals surface area contributed by atoms with E-state index in [1.54, 1.807) is 25.7 Å². The average Bonchev–Trinajstić information content (AvgIpc) is 2.76. The number of rotatable bonds is 7. The molecule has 17 heavy (non-hydrogen) atoms. The Morgan fingerprint density at radius 1 is 1.53 bits per heavy atom. The van der Waals surface area contributed by atoms with E-state index >= 15 is 0 Å². The van der Waals surface area contributed by atoms with Crippen molar-refractivity contribution in [3.8, 4) is 0 Å². The Kier molecular flexibility index (Phi) is 5.57. The fourth-order valence-electron chi connectivity index (χ4n) is 1.46. The summed E-state index contributed by atoms with van der Waals surface area (Å²) in [7, 11) is 3.20. The van der Waals surface area contributed by atoms with E-state index in [0.717, 1.165) is 4.88 Å². The van der Waals surface area contributed by atoms with E-state index in [0.29, 0.717) is 12.1 Å². The molecule has 1 aromatic rings. The minimum absolute atomic E-state index is 0.0594. The summed E-state index contributed by atoms with van der Waals surface area (Å²) in [5.41, 5.74) is 5.73. The van der Waals surface area contributed by atoms with E-state index in [4.69, 9.17) is 15.2 Å². The highest BCUT2D eigenvalue weighted by Gasteiger charge is 2.15. The Hall–Kier alpha value is -0.950. The van der Waals surface area contributed by atoms with Gasteiger partial charge in [-0.2, -0.15) is 0 Å². The summed E-state index contributed by atoms with van der Waals surface area (Å²) in [4.78, 5) is 12.0. The Balaban J connectivity index is 2.46. The van der Waals surface area contributed by atoms with Crippen LogP contribution in [0, 0.1) is 0 Å². The molecule has 5 nitrogen and oxygen atoms in total. The molecule has 0 aromatic carbocycles. The topological polar surface area (TPSA) is 73.6 Å². The number of hydrogen-bond donors (Lipinski definition) is 2. The summed E-state index contributed by atoms with van der Waals surface area (Å²) >= 11 is 1.50. The van der Waals surface area contributed by atoms with Crippen LogP contribution in [-0.2, 0) is 16.0 Å². The highest BCUT2D eigenvalue weighted by molar-refractivity contribution is 7.10. The van der Waals surface area contributed by atoms with Gasteiger partial charge < -0.3 is 20.5 Å². The minimum atomic E-state index is -0.396. The molecule has 1 aromatic heterocycles. The van der Waals surface area contributed by atoms with Crippen molar-refractivity contribution >= 4 is 17.2 Å². The summed E-state index contributed by atoms with van der Waals surface area (Å²) < 4.78 is 10.3. The van der Waals surface area contributed by atoms with Crippen molar-refractivity contribution in [1.29, 1.82) is 0 Å². The predicted octanol–water partition coefficient (Wildman–Crippen LogP) is 0.944. The molecule has 0 aliphatic rings. The fourth-order valence-corrected chi connectivity index (χ4v) is 2.29. The second kappa shape index (κ2) is 6.70. The van der Waals surface area contributed by atoms with Crippen molar-refractivity contribution in [2.45, 2.75) is 25.8 Å². The number of nitrogens with two attached hydrogens (primary N) is 1.